The first-order chi connectivity index (χ1) is 13.6. The quantitative estimate of drug-likeness (QED) is 0.482. The van der Waals surface area contributed by atoms with Crippen LogP contribution in [0.1, 0.15) is 15.9 Å². The molecule has 0 saturated carbocycles. The van der Waals surface area contributed by atoms with E-state index >= 15 is 0 Å². The molecule has 0 fully saturated rings. The second-order valence-electron chi connectivity index (χ2n) is 6.60. The molecule has 1 amide bonds. The summed E-state index contributed by atoms with van der Waals surface area (Å²) in [5.74, 6) is -0.0520. The zero-order valence-corrected chi connectivity index (χ0v) is 16.1. The molecule has 0 radical (unpaired) electrons. The topological polar surface area (TPSA) is 46.1 Å². The van der Waals surface area contributed by atoms with E-state index in [1.807, 2.05) is 66.7 Å². The van der Waals surface area contributed by atoms with E-state index in [9.17, 15) is 4.79 Å². The minimum atomic E-state index is -0.0520. The van der Waals surface area contributed by atoms with Crippen molar-refractivity contribution in [1.82, 2.24) is 14.9 Å². The van der Waals surface area contributed by atoms with E-state index in [4.69, 9.17) is 16.6 Å². The van der Waals surface area contributed by atoms with Gasteiger partial charge in [0, 0.05) is 42.0 Å². The van der Waals surface area contributed by atoms with E-state index < -0.39 is 0 Å². The molecule has 4 aromatic rings. The van der Waals surface area contributed by atoms with Gasteiger partial charge >= 0.3 is 0 Å². The van der Waals surface area contributed by atoms with Crippen LogP contribution in [0.5, 0.6) is 0 Å². The smallest absolute Gasteiger partial charge is 0.254 e. The number of para-hydroxylation sites is 1. The number of fused-ring (bicyclic) bond motifs is 1. The highest BCUT2D eigenvalue weighted by atomic mass is 35.5. The number of rotatable bonds is 4. The predicted molar refractivity (Wildman–Crippen MR) is 112 cm³/mol. The van der Waals surface area contributed by atoms with Crippen LogP contribution < -0.4 is 0 Å². The molecule has 0 spiro atoms. The van der Waals surface area contributed by atoms with Crippen molar-refractivity contribution in [3.05, 3.63) is 95.3 Å². The Kier molecular flexibility index (Phi) is 5.04. The van der Waals surface area contributed by atoms with Crippen molar-refractivity contribution in [2.75, 3.05) is 7.05 Å². The summed E-state index contributed by atoms with van der Waals surface area (Å²) >= 11 is 5.96. The lowest BCUT2D eigenvalue weighted by Crippen LogP contribution is -2.26. The molecule has 0 unspecified atom stereocenters. The third kappa shape index (κ3) is 3.73. The Morgan fingerprint density at radius 3 is 2.46 bits per heavy atom. The molecule has 0 aliphatic heterocycles. The molecular formula is C23H18ClN3O. The van der Waals surface area contributed by atoms with Crippen LogP contribution in [-0.4, -0.2) is 27.8 Å². The fourth-order valence-corrected chi connectivity index (χ4v) is 3.29. The van der Waals surface area contributed by atoms with Gasteiger partial charge in [0.2, 0.25) is 0 Å². The Morgan fingerprint density at radius 2 is 1.71 bits per heavy atom. The third-order valence-electron chi connectivity index (χ3n) is 4.60. The number of hydrogen-bond acceptors (Lipinski definition) is 3. The molecule has 138 valence electrons. The summed E-state index contributed by atoms with van der Waals surface area (Å²) in [4.78, 5) is 23.8. The van der Waals surface area contributed by atoms with Gasteiger partial charge in [-0.25, -0.2) is 4.98 Å². The fraction of sp³-hybridized carbons (Fsp3) is 0.0870. The zero-order chi connectivity index (χ0) is 19.5. The number of carbonyl (C=O) groups excluding carboxylic acids is 1. The van der Waals surface area contributed by atoms with Crippen LogP contribution in [0, 0.1) is 0 Å². The summed E-state index contributed by atoms with van der Waals surface area (Å²) in [6.45, 7) is 0.497. The molecule has 4 nitrogen and oxygen atoms in total. The van der Waals surface area contributed by atoms with Gasteiger partial charge in [-0.2, -0.15) is 0 Å². The van der Waals surface area contributed by atoms with Crippen molar-refractivity contribution < 1.29 is 4.79 Å². The molecule has 0 N–H and O–H groups in total. The van der Waals surface area contributed by atoms with E-state index in [2.05, 4.69) is 4.98 Å². The van der Waals surface area contributed by atoms with Gasteiger partial charge in [0.1, 0.15) is 0 Å². The normalized spacial score (nSPS) is 10.8. The van der Waals surface area contributed by atoms with Crippen molar-refractivity contribution >= 4 is 28.4 Å². The first kappa shape index (κ1) is 18.1. The minimum Gasteiger partial charge on any atom is -0.337 e. The molecule has 2 heterocycles. The number of halogens is 1. The number of pyridine rings is 2. The second-order valence-corrected chi connectivity index (χ2v) is 7.03. The van der Waals surface area contributed by atoms with Crippen molar-refractivity contribution in [3.8, 4) is 11.3 Å². The third-order valence-corrected chi connectivity index (χ3v) is 4.85. The lowest BCUT2D eigenvalue weighted by Gasteiger charge is -2.19. The molecule has 0 aliphatic rings. The van der Waals surface area contributed by atoms with Crippen LogP contribution in [0.4, 0.5) is 0 Å². The van der Waals surface area contributed by atoms with Crippen molar-refractivity contribution in [3.63, 3.8) is 0 Å². The molecule has 0 saturated heterocycles. The number of benzene rings is 2. The Balaban J connectivity index is 1.73. The van der Waals surface area contributed by atoms with Gasteiger partial charge in [-0.15, -0.1) is 0 Å². The average Bonchev–Trinajstić information content (AvgIpc) is 2.74. The van der Waals surface area contributed by atoms with Crippen LogP contribution in [0.15, 0.2) is 79.1 Å². The summed E-state index contributed by atoms with van der Waals surface area (Å²) in [5, 5.41) is 1.52. The lowest BCUT2D eigenvalue weighted by atomic mass is 10.0. The Bertz CT molecular complexity index is 1130. The maximum absolute atomic E-state index is 13.3. The highest BCUT2D eigenvalue weighted by Crippen LogP contribution is 2.25. The molecule has 4 rings (SSSR count). The molecule has 0 atom stereocenters. The number of hydrogen-bond donors (Lipinski definition) is 0. The van der Waals surface area contributed by atoms with Crippen LogP contribution in [0.25, 0.3) is 22.2 Å². The van der Waals surface area contributed by atoms with Gasteiger partial charge in [-0.05, 0) is 42.0 Å². The molecule has 0 bridgehead atoms. The van der Waals surface area contributed by atoms with E-state index in [0.717, 1.165) is 27.7 Å². The molecule has 2 aromatic carbocycles. The zero-order valence-electron chi connectivity index (χ0n) is 15.3. The van der Waals surface area contributed by atoms with Gasteiger partial charge in [0.25, 0.3) is 5.91 Å². The van der Waals surface area contributed by atoms with Crippen molar-refractivity contribution in [1.29, 1.82) is 0 Å². The molecule has 0 aliphatic carbocycles. The van der Waals surface area contributed by atoms with Crippen LogP contribution in [0.3, 0.4) is 0 Å². The SMILES string of the molecule is CN(Cc1ccc(Cl)cc1)C(=O)c1cc(-c2ccncc2)nc2ccccc12. The molecule has 28 heavy (non-hydrogen) atoms. The van der Waals surface area contributed by atoms with E-state index in [1.165, 1.54) is 0 Å². The number of carbonyl (C=O) groups is 1. The van der Waals surface area contributed by atoms with Gasteiger partial charge in [-0.1, -0.05) is 41.9 Å². The lowest BCUT2D eigenvalue weighted by molar-refractivity contribution is 0.0787. The van der Waals surface area contributed by atoms with Gasteiger partial charge < -0.3 is 4.90 Å². The summed E-state index contributed by atoms with van der Waals surface area (Å²) < 4.78 is 0. The maximum atomic E-state index is 13.3. The maximum Gasteiger partial charge on any atom is 0.254 e. The number of aromatic nitrogens is 2. The van der Waals surface area contributed by atoms with E-state index in [0.29, 0.717) is 17.1 Å². The van der Waals surface area contributed by atoms with Crippen LogP contribution >= 0.6 is 11.6 Å². The second kappa shape index (κ2) is 7.79. The highest BCUT2D eigenvalue weighted by Gasteiger charge is 2.17. The predicted octanol–water partition coefficient (Wildman–Crippen LogP) is 5.22. The van der Waals surface area contributed by atoms with Crippen molar-refractivity contribution in [2.45, 2.75) is 6.54 Å². The Morgan fingerprint density at radius 1 is 1.00 bits per heavy atom. The Hall–Kier alpha value is -3.24. The molecule has 2 aromatic heterocycles. The molecule has 5 heteroatoms. The van der Waals surface area contributed by atoms with E-state index in [1.54, 1.807) is 24.3 Å². The monoisotopic (exact) mass is 387 g/mol. The van der Waals surface area contributed by atoms with Gasteiger partial charge in [0.15, 0.2) is 0 Å². The minimum absolute atomic E-state index is 0.0520. The Labute approximate surface area is 168 Å². The summed E-state index contributed by atoms with van der Waals surface area (Å²) in [5.41, 5.74) is 4.13. The highest BCUT2D eigenvalue weighted by molar-refractivity contribution is 6.30. The van der Waals surface area contributed by atoms with Gasteiger partial charge in [0.05, 0.1) is 16.8 Å². The summed E-state index contributed by atoms with van der Waals surface area (Å²) in [7, 11) is 1.80. The van der Waals surface area contributed by atoms with E-state index in [-0.39, 0.29) is 5.91 Å². The summed E-state index contributed by atoms with van der Waals surface area (Å²) in [6.07, 6.45) is 3.45. The standard InChI is InChI=1S/C23H18ClN3O/c1-27(15-16-6-8-18(24)9-7-16)23(28)20-14-22(17-10-12-25-13-11-17)26-21-5-3-2-4-19(20)21/h2-14H,15H2,1H3. The van der Waals surface area contributed by atoms with Crippen molar-refractivity contribution in [2.24, 2.45) is 0 Å². The van der Waals surface area contributed by atoms with Crippen LogP contribution in [-0.2, 0) is 6.54 Å². The number of nitrogens with zero attached hydrogens (tertiary/aromatic N) is 3. The largest absolute Gasteiger partial charge is 0.337 e. The fourth-order valence-electron chi connectivity index (χ4n) is 3.16. The summed E-state index contributed by atoms with van der Waals surface area (Å²) in [6, 6.07) is 20.9. The first-order valence-electron chi connectivity index (χ1n) is 8.92. The van der Waals surface area contributed by atoms with Gasteiger partial charge in [-0.3, -0.25) is 9.78 Å². The van der Waals surface area contributed by atoms with Crippen LogP contribution in [0.2, 0.25) is 5.02 Å². The average molecular weight is 388 g/mol. The molecular weight excluding hydrogens is 370 g/mol. The first-order valence-corrected chi connectivity index (χ1v) is 9.30. The number of amides is 1.